The van der Waals surface area contributed by atoms with Gasteiger partial charge in [-0.1, -0.05) is 0 Å². The molecule has 3 rings (SSSR count). The van der Waals surface area contributed by atoms with E-state index in [2.05, 4.69) is 15.3 Å². The number of aliphatic hydroxyl groups excluding tert-OH is 1. The standard InChI is InChI=1S/C15H23N5O3/c16-13(22)15(3-4-15)14(23)18-11-2-7-19(10-12(11)21)8-9-20-6-1-5-17-20/h1,5-6,11-12,21H,2-4,7-10H2,(H2,16,22)(H,18,23). The molecule has 2 unspecified atom stereocenters. The average molecular weight is 321 g/mol. The van der Waals surface area contributed by atoms with E-state index in [1.165, 1.54) is 0 Å². The number of likely N-dealkylation sites (tertiary alicyclic amines) is 1. The molecule has 1 aliphatic heterocycles. The second kappa shape index (κ2) is 6.29. The number of aromatic nitrogens is 2. The van der Waals surface area contributed by atoms with Gasteiger partial charge in [-0.25, -0.2) is 0 Å². The number of nitrogens with two attached hydrogens (primary N) is 1. The van der Waals surface area contributed by atoms with Crippen molar-refractivity contribution in [3.05, 3.63) is 18.5 Å². The first-order chi connectivity index (χ1) is 11.0. The van der Waals surface area contributed by atoms with Crippen molar-refractivity contribution in [2.45, 2.75) is 38.0 Å². The number of carbonyl (C=O) groups is 2. The number of piperidine rings is 1. The Hall–Kier alpha value is -1.93. The first-order valence-corrected chi connectivity index (χ1v) is 8.00. The number of aliphatic hydroxyl groups is 1. The zero-order valence-electron chi connectivity index (χ0n) is 13.0. The number of nitrogens with one attached hydrogen (secondary N) is 1. The van der Waals surface area contributed by atoms with Crippen LogP contribution in [0.2, 0.25) is 0 Å². The van der Waals surface area contributed by atoms with Gasteiger partial charge >= 0.3 is 0 Å². The Morgan fingerprint density at radius 3 is 2.74 bits per heavy atom. The van der Waals surface area contributed by atoms with Crippen LogP contribution < -0.4 is 11.1 Å². The molecular weight excluding hydrogens is 298 g/mol. The molecule has 1 aromatic heterocycles. The van der Waals surface area contributed by atoms with Crippen molar-refractivity contribution in [1.82, 2.24) is 20.0 Å². The Kier molecular flexibility index (Phi) is 4.36. The Labute approximate surface area is 134 Å². The van der Waals surface area contributed by atoms with Gasteiger partial charge in [-0.2, -0.15) is 5.10 Å². The van der Waals surface area contributed by atoms with Gasteiger partial charge in [0.1, 0.15) is 5.41 Å². The molecule has 8 heteroatoms. The minimum atomic E-state index is -1.03. The molecule has 8 nitrogen and oxygen atoms in total. The number of primary amides is 1. The summed E-state index contributed by atoms with van der Waals surface area (Å²) in [6, 6.07) is 1.56. The molecule has 2 heterocycles. The molecular formula is C15H23N5O3. The third kappa shape index (κ3) is 3.37. The van der Waals surface area contributed by atoms with E-state index in [-0.39, 0.29) is 11.9 Å². The maximum Gasteiger partial charge on any atom is 0.235 e. The summed E-state index contributed by atoms with van der Waals surface area (Å²) in [4.78, 5) is 25.7. The van der Waals surface area contributed by atoms with Crippen LogP contribution in [0.25, 0.3) is 0 Å². The highest BCUT2D eigenvalue weighted by molar-refractivity contribution is 6.07. The predicted molar refractivity (Wildman–Crippen MR) is 82.1 cm³/mol. The molecule has 1 saturated heterocycles. The number of hydrogen-bond acceptors (Lipinski definition) is 5. The fraction of sp³-hybridized carbons (Fsp3) is 0.667. The van der Waals surface area contributed by atoms with Crippen molar-refractivity contribution < 1.29 is 14.7 Å². The predicted octanol–water partition coefficient (Wildman–Crippen LogP) is -1.30. The molecule has 1 saturated carbocycles. The van der Waals surface area contributed by atoms with Gasteiger partial charge in [0.15, 0.2) is 0 Å². The van der Waals surface area contributed by atoms with E-state index in [4.69, 9.17) is 5.73 Å². The van der Waals surface area contributed by atoms with E-state index in [1.807, 2.05) is 16.9 Å². The van der Waals surface area contributed by atoms with Crippen molar-refractivity contribution in [3.63, 3.8) is 0 Å². The lowest BCUT2D eigenvalue weighted by Crippen LogP contribution is -2.56. The van der Waals surface area contributed by atoms with Crippen molar-refractivity contribution in [2.75, 3.05) is 19.6 Å². The molecule has 1 aliphatic carbocycles. The van der Waals surface area contributed by atoms with Gasteiger partial charge in [-0.15, -0.1) is 0 Å². The largest absolute Gasteiger partial charge is 0.390 e. The smallest absolute Gasteiger partial charge is 0.235 e. The fourth-order valence-electron chi connectivity index (χ4n) is 3.06. The fourth-order valence-corrected chi connectivity index (χ4v) is 3.06. The Bertz CT molecular complexity index is 570. The molecule has 0 aromatic carbocycles. The van der Waals surface area contributed by atoms with Gasteiger partial charge in [0.25, 0.3) is 0 Å². The van der Waals surface area contributed by atoms with Gasteiger partial charge in [0.05, 0.1) is 18.7 Å². The molecule has 126 valence electrons. The van der Waals surface area contributed by atoms with E-state index in [1.54, 1.807) is 6.20 Å². The topological polar surface area (TPSA) is 113 Å². The summed E-state index contributed by atoms with van der Waals surface area (Å²) in [5.41, 5.74) is 4.27. The van der Waals surface area contributed by atoms with Crippen LogP contribution in [0.15, 0.2) is 18.5 Å². The van der Waals surface area contributed by atoms with Gasteiger partial charge < -0.3 is 16.2 Å². The summed E-state index contributed by atoms with van der Waals surface area (Å²) in [7, 11) is 0. The second-order valence-electron chi connectivity index (χ2n) is 6.45. The van der Waals surface area contributed by atoms with Gasteiger partial charge in [0, 0.05) is 32.0 Å². The van der Waals surface area contributed by atoms with Crippen LogP contribution in [0.5, 0.6) is 0 Å². The third-order valence-electron chi connectivity index (χ3n) is 4.84. The van der Waals surface area contributed by atoms with Gasteiger partial charge in [0.2, 0.25) is 11.8 Å². The van der Waals surface area contributed by atoms with Crippen LogP contribution in [0.3, 0.4) is 0 Å². The molecule has 4 N–H and O–H groups in total. The SMILES string of the molecule is NC(=O)C1(C(=O)NC2CCN(CCn3cccn3)CC2O)CC1. The Morgan fingerprint density at radius 1 is 1.39 bits per heavy atom. The van der Waals surface area contributed by atoms with E-state index < -0.39 is 17.4 Å². The second-order valence-corrected chi connectivity index (χ2v) is 6.45. The van der Waals surface area contributed by atoms with Crippen LogP contribution in [-0.4, -0.2) is 63.4 Å². The molecule has 23 heavy (non-hydrogen) atoms. The lowest BCUT2D eigenvalue weighted by molar-refractivity contribution is -0.136. The number of β-amino-alcohol motifs (C(OH)–C–C–N with tert-alkyl or cyclic N) is 1. The maximum atomic E-state index is 12.2. The summed E-state index contributed by atoms with van der Waals surface area (Å²) >= 11 is 0. The lowest BCUT2D eigenvalue weighted by Gasteiger charge is -2.36. The molecule has 0 bridgehead atoms. The van der Waals surface area contributed by atoms with Gasteiger partial charge in [-0.3, -0.25) is 19.2 Å². The summed E-state index contributed by atoms with van der Waals surface area (Å²) in [5, 5.41) is 17.2. The highest BCUT2D eigenvalue weighted by Crippen LogP contribution is 2.45. The minimum Gasteiger partial charge on any atom is -0.390 e. The molecule has 2 amide bonds. The number of nitrogens with zero attached hydrogens (tertiary/aromatic N) is 3. The molecule has 0 radical (unpaired) electrons. The van der Waals surface area contributed by atoms with Crippen LogP contribution in [0, 0.1) is 5.41 Å². The molecule has 2 fully saturated rings. The number of amides is 2. The minimum absolute atomic E-state index is 0.319. The molecule has 1 aromatic rings. The normalized spacial score (nSPS) is 26.7. The number of hydrogen-bond donors (Lipinski definition) is 3. The quantitative estimate of drug-likeness (QED) is 0.564. The third-order valence-corrected chi connectivity index (χ3v) is 4.84. The van der Waals surface area contributed by atoms with Crippen LogP contribution in [-0.2, 0) is 16.1 Å². The van der Waals surface area contributed by atoms with Crippen molar-refractivity contribution in [1.29, 1.82) is 0 Å². The van der Waals surface area contributed by atoms with E-state index in [0.717, 1.165) is 19.6 Å². The summed E-state index contributed by atoms with van der Waals surface area (Å²) < 4.78 is 1.85. The molecule has 2 atom stereocenters. The Morgan fingerprint density at radius 2 is 2.17 bits per heavy atom. The zero-order chi connectivity index (χ0) is 16.4. The summed E-state index contributed by atoms with van der Waals surface area (Å²) in [6.07, 6.45) is 4.67. The monoisotopic (exact) mass is 321 g/mol. The molecule has 2 aliphatic rings. The van der Waals surface area contributed by atoms with Crippen molar-refractivity contribution >= 4 is 11.8 Å². The van der Waals surface area contributed by atoms with Gasteiger partial charge in [-0.05, 0) is 25.3 Å². The van der Waals surface area contributed by atoms with E-state index >= 15 is 0 Å². The average Bonchev–Trinajstić information content (AvgIpc) is 3.18. The summed E-state index contributed by atoms with van der Waals surface area (Å²) in [5.74, 6) is -0.903. The maximum absolute atomic E-state index is 12.2. The van der Waals surface area contributed by atoms with E-state index in [0.29, 0.717) is 25.8 Å². The van der Waals surface area contributed by atoms with Crippen LogP contribution >= 0.6 is 0 Å². The first kappa shape index (κ1) is 15.9. The van der Waals surface area contributed by atoms with Crippen molar-refractivity contribution in [3.8, 4) is 0 Å². The number of carbonyl (C=O) groups excluding carboxylic acids is 2. The summed E-state index contributed by atoms with van der Waals surface area (Å²) in [6.45, 7) is 2.84. The highest BCUT2D eigenvalue weighted by Gasteiger charge is 2.56. The van der Waals surface area contributed by atoms with Crippen LogP contribution in [0.4, 0.5) is 0 Å². The first-order valence-electron chi connectivity index (χ1n) is 8.00. The lowest BCUT2D eigenvalue weighted by atomic mass is 9.99. The molecule has 0 spiro atoms. The van der Waals surface area contributed by atoms with Crippen molar-refractivity contribution in [2.24, 2.45) is 11.1 Å². The number of rotatable bonds is 6. The zero-order valence-corrected chi connectivity index (χ0v) is 13.0. The van der Waals surface area contributed by atoms with E-state index in [9.17, 15) is 14.7 Å². The highest BCUT2D eigenvalue weighted by atomic mass is 16.3. The van der Waals surface area contributed by atoms with Crippen LogP contribution in [0.1, 0.15) is 19.3 Å². The Balaban J connectivity index is 1.47.